The first-order valence-corrected chi connectivity index (χ1v) is 9.24. The highest BCUT2D eigenvalue weighted by atomic mass is 35.5. The molecule has 0 unspecified atom stereocenters. The summed E-state index contributed by atoms with van der Waals surface area (Å²) in [6.07, 6.45) is 9.44. The van der Waals surface area contributed by atoms with Crippen LogP contribution in [0.2, 0.25) is 5.02 Å². The van der Waals surface area contributed by atoms with Crippen molar-refractivity contribution in [2.45, 2.75) is 77.5 Å². The van der Waals surface area contributed by atoms with Crippen molar-refractivity contribution in [2.75, 3.05) is 7.11 Å². The lowest BCUT2D eigenvalue weighted by Crippen LogP contribution is -2.29. The molecule has 1 saturated carbocycles. The van der Waals surface area contributed by atoms with Crippen LogP contribution in [0.1, 0.15) is 64.4 Å². The van der Waals surface area contributed by atoms with E-state index in [1.54, 1.807) is 7.11 Å². The van der Waals surface area contributed by atoms with Gasteiger partial charge in [-0.2, -0.15) is 0 Å². The van der Waals surface area contributed by atoms with E-state index in [9.17, 15) is 0 Å². The summed E-state index contributed by atoms with van der Waals surface area (Å²) in [6, 6.07) is 4.63. The minimum atomic E-state index is 0.0697. The fraction of sp³-hybridized carbons (Fsp3) is 0.684. The topological polar surface area (TPSA) is 30.5 Å². The molecule has 1 aromatic carbocycles. The number of halogens is 1. The van der Waals surface area contributed by atoms with Crippen molar-refractivity contribution in [1.29, 1.82) is 0 Å². The van der Waals surface area contributed by atoms with Crippen LogP contribution >= 0.6 is 11.6 Å². The molecule has 1 aliphatic carbocycles. The van der Waals surface area contributed by atoms with Crippen LogP contribution in [0.15, 0.2) is 12.1 Å². The van der Waals surface area contributed by atoms with E-state index in [2.05, 4.69) is 5.32 Å². The molecule has 3 nitrogen and oxygen atoms in total. The molecule has 1 N–H and O–H groups in total. The number of nitrogens with one attached hydrogen (secondary N) is 1. The fourth-order valence-electron chi connectivity index (χ4n) is 3.15. The van der Waals surface area contributed by atoms with Gasteiger partial charge in [-0.05, 0) is 44.4 Å². The minimum absolute atomic E-state index is 0.0697. The van der Waals surface area contributed by atoms with Crippen LogP contribution in [-0.4, -0.2) is 19.3 Å². The normalized spacial score (nSPS) is 16.9. The second kappa shape index (κ2) is 9.39. The van der Waals surface area contributed by atoms with E-state index in [4.69, 9.17) is 21.1 Å². The molecule has 1 aromatic rings. The molecule has 0 aromatic heterocycles. The zero-order valence-corrected chi connectivity index (χ0v) is 15.4. The van der Waals surface area contributed by atoms with Gasteiger partial charge in [0, 0.05) is 12.6 Å². The third kappa shape index (κ3) is 5.89. The van der Waals surface area contributed by atoms with Crippen LogP contribution in [-0.2, 0) is 6.54 Å². The van der Waals surface area contributed by atoms with Crippen molar-refractivity contribution in [3.63, 3.8) is 0 Å². The molecule has 1 aliphatic rings. The molecule has 0 spiro atoms. The lowest BCUT2D eigenvalue weighted by Gasteiger charge is -2.22. The van der Waals surface area contributed by atoms with Gasteiger partial charge in [0.25, 0.3) is 0 Å². The van der Waals surface area contributed by atoms with Crippen LogP contribution < -0.4 is 14.8 Å². The zero-order chi connectivity index (χ0) is 16.7. The highest BCUT2D eigenvalue weighted by molar-refractivity contribution is 6.32. The van der Waals surface area contributed by atoms with Gasteiger partial charge >= 0.3 is 0 Å². The molecule has 2 rings (SSSR count). The summed E-state index contributed by atoms with van der Waals surface area (Å²) in [5, 5.41) is 4.31. The third-order valence-electron chi connectivity index (χ3n) is 4.34. The summed E-state index contributed by atoms with van der Waals surface area (Å²) in [5.74, 6) is 1.35. The number of ether oxygens (including phenoxy) is 2. The maximum absolute atomic E-state index is 6.39. The number of benzene rings is 1. The highest BCUT2D eigenvalue weighted by Gasteiger charge is 2.15. The van der Waals surface area contributed by atoms with E-state index in [-0.39, 0.29) is 6.10 Å². The Morgan fingerprint density at radius 1 is 1.13 bits per heavy atom. The largest absolute Gasteiger partial charge is 0.493 e. The Morgan fingerprint density at radius 2 is 1.78 bits per heavy atom. The fourth-order valence-corrected chi connectivity index (χ4v) is 3.43. The smallest absolute Gasteiger partial charge is 0.180 e. The Bertz CT molecular complexity index is 483. The van der Waals surface area contributed by atoms with Gasteiger partial charge < -0.3 is 14.8 Å². The van der Waals surface area contributed by atoms with E-state index in [1.807, 2.05) is 26.0 Å². The Hall–Kier alpha value is -0.930. The maximum atomic E-state index is 6.39. The molecule has 0 amide bonds. The van der Waals surface area contributed by atoms with Gasteiger partial charge in [-0.1, -0.05) is 43.7 Å². The molecule has 4 heteroatoms. The molecule has 0 heterocycles. The van der Waals surface area contributed by atoms with Crippen molar-refractivity contribution in [2.24, 2.45) is 0 Å². The van der Waals surface area contributed by atoms with Crippen LogP contribution in [0.5, 0.6) is 11.5 Å². The summed E-state index contributed by atoms with van der Waals surface area (Å²) in [4.78, 5) is 0. The van der Waals surface area contributed by atoms with E-state index in [0.717, 1.165) is 12.1 Å². The Kier molecular flexibility index (Phi) is 7.51. The molecular formula is C19H30ClNO2. The van der Waals surface area contributed by atoms with E-state index >= 15 is 0 Å². The van der Waals surface area contributed by atoms with Gasteiger partial charge in [-0.3, -0.25) is 0 Å². The molecule has 0 radical (unpaired) electrons. The lowest BCUT2D eigenvalue weighted by atomic mass is 9.96. The molecule has 0 atom stereocenters. The molecule has 1 fully saturated rings. The first-order valence-electron chi connectivity index (χ1n) is 8.86. The molecular weight excluding hydrogens is 310 g/mol. The molecule has 0 aliphatic heterocycles. The average Bonchev–Trinajstić information content (AvgIpc) is 2.48. The van der Waals surface area contributed by atoms with Gasteiger partial charge in [0.2, 0.25) is 0 Å². The summed E-state index contributed by atoms with van der Waals surface area (Å²) in [5.41, 5.74) is 1.14. The summed E-state index contributed by atoms with van der Waals surface area (Å²) in [6.45, 7) is 4.79. The monoisotopic (exact) mass is 339 g/mol. The van der Waals surface area contributed by atoms with E-state index < -0.39 is 0 Å². The Labute approximate surface area is 145 Å². The zero-order valence-electron chi connectivity index (χ0n) is 14.7. The molecule has 0 bridgehead atoms. The molecule has 130 valence electrons. The number of methoxy groups -OCH3 is 1. The second-order valence-corrected chi connectivity index (χ2v) is 7.11. The maximum Gasteiger partial charge on any atom is 0.180 e. The molecule has 0 saturated heterocycles. The van der Waals surface area contributed by atoms with Gasteiger partial charge in [-0.25, -0.2) is 0 Å². The minimum Gasteiger partial charge on any atom is -0.493 e. The Morgan fingerprint density at radius 3 is 2.39 bits per heavy atom. The van der Waals surface area contributed by atoms with Crippen molar-refractivity contribution in [1.82, 2.24) is 5.32 Å². The SMILES string of the molecule is COc1cc(CNC2CCCCCCC2)cc(Cl)c1OC(C)C. The van der Waals surface area contributed by atoms with Crippen molar-refractivity contribution in [3.8, 4) is 11.5 Å². The van der Waals surface area contributed by atoms with Gasteiger partial charge in [0.15, 0.2) is 11.5 Å². The third-order valence-corrected chi connectivity index (χ3v) is 4.62. The van der Waals surface area contributed by atoms with Crippen molar-refractivity contribution >= 4 is 11.6 Å². The number of hydrogen-bond donors (Lipinski definition) is 1. The number of rotatable bonds is 6. The van der Waals surface area contributed by atoms with Crippen molar-refractivity contribution in [3.05, 3.63) is 22.7 Å². The van der Waals surface area contributed by atoms with Crippen LogP contribution in [0, 0.1) is 0 Å². The van der Waals surface area contributed by atoms with Crippen molar-refractivity contribution < 1.29 is 9.47 Å². The number of hydrogen-bond acceptors (Lipinski definition) is 3. The Balaban J connectivity index is 2.00. The lowest BCUT2D eigenvalue weighted by molar-refractivity contribution is 0.230. The van der Waals surface area contributed by atoms with Gasteiger partial charge in [0.05, 0.1) is 18.2 Å². The van der Waals surface area contributed by atoms with Crippen LogP contribution in [0.25, 0.3) is 0 Å². The average molecular weight is 340 g/mol. The summed E-state index contributed by atoms with van der Waals surface area (Å²) < 4.78 is 11.2. The second-order valence-electron chi connectivity index (χ2n) is 6.70. The van der Waals surface area contributed by atoms with Crippen LogP contribution in [0.3, 0.4) is 0 Å². The van der Waals surface area contributed by atoms with Gasteiger partial charge in [-0.15, -0.1) is 0 Å². The predicted octanol–water partition coefficient (Wildman–Crippen LogP) is 5.34. The van der Waals surface area contributed by atoms with E-state index in [0.29, 0.717) is 22.6 Å². The quantitative estimate of drug-likeness (QED) is 0.759. The summed E-state index contributed by atoms with van der Waals surface area (Å²) in [7, 11) is 1.66. The van der Waals surface area contributed by atoms with Gasteiger partial charge in [0.1, 0.15) is 0 Å². The first kappa shape index (κ1) is 18.4. The first-order chi connectivity index (χ1) is 11.1. The predicted molar refractivity (Wildman–Crippen MR) is 96.7 cm³/mol. The molecule has 23 heavy (non-hydrogen) atoms. The highest BCUT2D eigenvalue weighted by Crippen LogP contribution is 2.37. The van der Waals surface area contributed by atoms with Crippen LogP contribution in [0.4, 0.5) is 0 Å². The standard InChI is InChI=1S/C19H30ClNO2/c1-14(2)23-19-17(20)11-15(12-18(19)22-3)13-21-16-9-7-5-4-6-8-10-16/h11-12,14,16,21H,4-10,13H2,1-3H3. The summed E-state index contributed by atoms with van der Waals surface area (Å²) >= 11 is 6.39. The van der Waals surface area contributed by atoms with E-state index in [1.165, 1.54) is 44.9 Å².